The molecule has 0 N–H and O–H groups in total. The van der Waals surface area contributed by atoms with Gasteiger partial charge in [-0.15, -0.1) is 11.3 Å². The normalized spacial score (nSPS) is 9.00. The molecule has 1 aromatic heterocycles. The molecule has 0 spiro atoms. The van der Waals surface area contributed by atoms with E-state index in [2.05, 4.69) is 10.2 Å². The summed E-state index contributed by atoms with van der Waals surface area (Å²) in [5, 5.41) is 5.27. The van der Waals surface area contributed by atoms with Gasteiger partial charge in [0, 0.05) is 11.6 Å². The van der Waals surface area contributed by atoms with Gasteiger partial charge in [0.2, 0.25) is 0 Å². The van der Waals surface area contributed by atoms with E-state index in [0.717, 1.165) is 5.01 Å². The molecule has 4 heteroatoms. The Morgan fingerprint density at radius 1 is 1.88 bits per heavy atom. The van der Waals surface area contributed by atoms with Crippen molar-refractivity contribution in [1.82, 2.24) is 4.98 Å². The Morgan fingerprint density at radius 3 is 3.25 bits per heavy atom. The van der Waals surface area contributed by atoms with Crippen LogP contribution < -0.4 is 0 Å². The molecule has 0 atom stereocenters. The van der Waals surface area contributed by atoms with Gasteiger partial charge in [0.1, 0.15) is 11.6 Å². The Hall–Kier alpha value is -0.770. The van der Waals surface area contributed by atoms with Crippen LogP contribution in [-0.4, -0.2) is 4.98 Å². The maximum atomic E-state index is 9.59. The first kappa shape index (κ1) is 5.37. The zero-order valence-electron chi connectivity index (χ0n) is 4.07. The van der Waals surface area contributed by atoms with Crippen molar-refractivity contribution in [2.75, 3.05) is 0 Å². The fourth-order valence-corrected chi connectivity index (χ4v) is 0.914. The third-order valence-corrected chi connectivity index (χ3v) is 1.45. The second-order valence-electron chi connectivity index (χ2n) is 1.21. The highest BCUT2D eigenvalue weighted by atomic mass is 32.1. The zero-order valence-corrected chi connectivity index (χ0v) is 4.89. The molecule has 0 unspecified atom stereocenters. The van der Waals surface area contributed by atoms with Crippen LogP contribution in [0.15, 0.2) is 16.8 Å². The molecule has 0 aromatic carbocycles. The summed E-state index contributed by atoms with van der Waals surface area (Å²) >= 11 is 1.44. The van der Waals surface area contributed by atoms with Crippen LogP contribution in [0, 0.1) is 4.91 Å². The van der Waals surface area contributed by atoms with E-state index in [-0.39, 0.29) is 6.54 Å². The van der Waals surface area contributed by atoms with Gasteiger partial charge in [-0.25, -0.2) is 4.98 Å². The number of nitroso groups, excluding NO2 is 1. The molecular formula is C4H4N2OS. The van der Waals surface area contributed by atoms with Crippen molar-refractivity contribution in [2.45, 2.75) is 6.54 Å². The molecule has 0 radical (unpaired) electrons. The van der Waals surface area contributed by atoms with Crippen LogP contribution in [0.25, 0.3) is 0 Å². The summed E-state index contributed by atoms with van der Waals surface area (Å²) in [4.78, 5) is 13.4. The fourth-order valence-electron chi connectivity index (χ4n) is 0.386. The first-order valence-electron chi connectivity index (χ1n) is 2.11. The highest BCUT2D eigenvalue weighted by Gasteiger charge is 1.90. The van der Waals surface area contributed by atoms with Crippen LogP contribution in [0.5, 0.6) is 0 Å². The Morgan fingerprint density at radius 2 is 2.75 bits per heavy atom. The molecule has 0 saturated heterocycles. The van der Waals surface area contributed by atoms with E-state index in [1.165, 1.54) is 11.3 Å². The maximum absolute atomic E-state index is 9.59. The zero-order chi connectivity index (χ0) is 5.82. The maximum Gasteiger partial charge on any atom is 0.133 e. The average Bonchev–Trinajstić information content (AvgIpc) is 2.19. The van der Waals surface area contributed by atoms with Gasteiger partial charge in [-0.1, -0.05) is 5.18 Å². The minimum atomic E-state index is 0.206. The summed E-state index contributed by atoms with van der Waals surface area (Å²) in [6.45, 7) is 0.206. The Labute approximate surface area is 50.4 Å². The SMILES string of the molecule is O=NCc1nccs1. The van der Waals surface area contributed by atoms with Crippen molar-refractivity contribution in [1.29, 1.82) is 0 Å². The smallest absolute Gasteiger partial charge is 0.133 e. The molecule has 0 aliphatic carbocycles. The summed E-state index contributed by atoms with van der Waals surface area (Å²) in [7, 11) is 0. The molecule has 1 heterocycles. The molecule has 0 amide bonds. The molecule has 1 aromatic rings. The van der Waals surface area contributed by atoms with Crippen LogP contribution in [0.1, 0.15) is 5.01 Å². The van der Waals surface area contributed by atoms with E-state index in [1.807, 2.05) is 5.38 Å². The highest BCUT2D eigenvalue weighted by molar-refractivity contribution is 7.09. The number of hydrogen-bond acceptors (Lipinski definition) is 4. The minimum Gasteiger partial charge on any atom is -0.248 e. The number of nitrogens with zero attached hydrogens (tertiary/aromatic N) is 2. The Kier molecular flexibility index (Phi) is 1.69. The Bertz CT molecular complexity index is 161. The average molecular weight is 128 g/mol. The standard InChI is InChI=1S/C4H4N2OS/c7-6-3-4-5-1-2-8-4/h1-2H,3H2. The van der Waals surface area contributed by atoms with Crippen molar-refractivity contribution in [3.05, 3.63) is 21.5 Å². The van der Waals surface area contributed by atoms with Crippen molar-refractivity contribution in [3.63, 3.8) is 0 Å². The van der Waals surface area contributed by atoms with Gasteiger partial charge in [0.25, 0.3) is 0 Å². The highest BCUT2D eigenvalue weighted by Crippen LogP contribution is 2.03. The summed E-state index contributed by atoms with van der Waals surface area (Å²) < 4.78 is 0. The van der Waals surface area contributed by atoms with Gasteiger partial charge in [0.15, 0.2) is 0 Å². The predicted octanol–water partition coefficient (Wildman–Crippen LogP) is 1.41. The van der Waals surface area contributed by atoms with Crippen LogP contribution in [0.2, 0.25) is 0 Å². The molecule has 0 aliphatic rings. The molecular weight excluding hydrogens is 124 g/mol. The van der Waals surface area contributed by atoms with E-state index in [9.17, 15) is 4.91 Å². The second kappa shape index (κ2) is 2.52. The van der Waals surface area contributed by atoms with E-state index in [0.29, 0.717) is 0 Å². The van der Waals surface area contributed by atoms with Gasteiger partial charge in [-0.05, 0) is 0 Å². The van der Waals surface area contributed by atoms with Gasteiger partial charge in [-0.2, -0.15) is 4.91 Å². The van der Waals surface area contributed by atoms with E-state index < -0.39 is 0 Å². The molecule has 0 fully saturated rings. The van der Waals surface area contributed by atoms with Gasteiger partial charge >= 0.3 is 0 Å². The van der Waals surface area contributed by atoms with Gasteiger partial charge in [0.05, 0.1) is 0 Å². The van der Waals surface area contributed by atoms with Crippen molar-refractivity contribution >= 4 is 11.3 Å². The second-order valence-corrected chi connectivity index (χ2v) is 2.19. The quantitative estimate of drug-likeness (QED) is 0.565. The molecule has 42 valence electrons. The van der Waals surface area contributed by atoms with Gasteiger partial charge < -0.3 is 0 Å². The van der Waals surface area contributed by atoms with E-state index in [4.69, 9.17) is 0 Å². The largest absolute Gasteiger partial charge is 0.248 e. The molecule has 0 bridgehead atoms. The lowest BCUT2D eigenvalue weighted by Gasteiger charge is -1.76. The van der Waals surface area contributed by atoms with Crippen LogP contribution in [-0.2, 0) is 6.54 Å². The molecule has 3 nitrogen and oxygen atoms in total. The molecule has 1 rings (SSSR count). The number of rotatable bonds is 2. The summed E-state index contributed by atoms with van der Waals surface area (Å²) in [5.74, 6) is 0. The van der Waals surface area contributed by atoms with Crippen LogP contribution in [0.3, 0.4) is 0 Å². The predicted molar refractivity (Wildman–Crippen MR) is 31.6 cm³/mol. The summed E-state index contributed by atoms with van der Waals surface area (Å²) in [5.41, 5.74) is 0. The monoisotopic (exact) mass is 128 g/mol. The summed E-state index contributed by atoms with van der Waals surface area (Å²) in [6, 6.07) is 0. The number of hydrogen-bond donors (Lipinski definition) is 0. The first-order valence-corrected chi connectivity index (χ1v) is 2.99. The van der Waals surface area contributed by atoms with Gasteiger partial charge in [-0.3, -0.25) is 0 Å². The fraction of sp³-hybridized carbons (Fsp3) is 0.250. The number of aromatic nitrogens is 1. The number of thiazole rings is 1. The molecule has 8 heavy (non-hydrogen) atoms. The topological polar surface area (TPSA) is 42.3 Å². The van der Waals surface area contributed by atoms with Crippen molar-refractivity contribution in [3.8, 4) is 0 Å². The van der Waals surface area contributed by atoms with Crippen molar-refractivity contribution in [2.24, 2.45) is 5.18 Å². The van der Waals surface area contributed by atoms with Crippen LogP contribution in [0.4, 0.5) is 0 Å². The lowest BCUT2D eigenvalue weighted by Crippen LogP contribution is -1.73. The van der Waals surface area contributed by atoms with Crippen LogP contribution >= 0.6 is 11.3 Å². The van der Waals surface area contributed by atoms with Crippen molar-refractivity contribution < 1.29 is 0 Å². The third-order valence-electron chi connectivity index (χ3n) is 0.683. The summed E-state index contributed by atoms with van der Waals surface area (Å²) in [6.07, 6.45) is 1.66. The molecule has 0 saturated carbocycles. The lowest BCUT2D eigenvalue weighted by atomic mass is 10.7. The minimum absolute atomic E-state index is 0.206. The third kappa shape index (κ3) is 1.10. The first-order chi connectivity index (χ1) is 3.93. The van der Waals surface area contributed by atoms with E-state index >= 15 is 0 Å². The lowest BCUT2D eigenvalue weighted by molar-refractivity contribution is 1.03. The molecule has 0 aliphatic heterocycles. The van der Waals surface area contributed by atoms with E-state index in [1.54, 1.807) is 6.20 Å². The Balaban J connectivity index is 2.62.